The van der Waals surface area contributed by atoms with Crippen LogP contribution in [-0.2, 0) is 6.42 Å². The molecule has 5 heteroatoms. The van der Waals surface area contributed by atoms with Crippen LogP contribution in [0.3, 0.4) is 0 Å². The van der Waals surface area contributed by atoms with Crippen molar-refractivity contribution in [1.29, 1.82) is 0 Å². The number of furan rings is 1. The van der Waals surface area contributed by atoms with Gasteiger partial charge in [0.1, 0.15) is 16.8 Å². The molecule has 0 saturated carbocycles. The molecule has 0 N–H and O–H groups in total. The minimum atomic E-state index is 0.636. The summed E-state index contributed by atoms with van der Waals surface area (Å²) in [5, 5.41) is 9.54. The van der Waals surface area contributed by atoms with Crippen molar-refractivity contribution in [3.63, 3.8) is 0 Å². The number of aryl methyl sites for hydroxylation is 1. The lowest BCUT2D eigenvalue weighted by Crippen LogP contribution is -2.03. The molecule has 1 aliphatic carbocycles. The Hall–Kier alpha value is -6.46. The van der Waals surface area contributed by atoms with E-state index >= 15 is 0 Å². The van der Waals surface area contributed by atoms with Crippen molar-refractivity contribution in [3.8, 4) is 17.2 Å². The Labute approximate surface area is 279 Å². The highest BCUT2D eigenvalue weighted by molar-refractivity contribution is 6.32. The fourth-order valence-corrected chi connectivity index (χ4v) is 8.70. The van der Waals surface area contributed by atoms with Gasteiger partial charge in [0.25, 0.3) is 0 Å². The zero-order chi connectivity index (χ0) is 31.8. The molecule has 12 rings (SSSR count). The van der Waals surface area contributed by atoms with E-state index < -0.39 is 0 Å². The molecule has 0 unspecified atom stereocenters. The molecule has 11 aromatic rings. The first-order valence-electron chi connectivity index (χ1n) is 16.9. The molecule has 5 nitrogen and oxygen atoms in total. The molecule has 1 aliphatic rings. The molecule has 0 bridgehead atoms. The van der Waals surface area contributed by atoms with Gasteiger partial charge in [-0.25, -0.2) is 9.97 Å². The summed E-state index contributed by atoms with van der Waals surface area (Å²) in [6, 6.07) is 43.0. The van der Waals surface area contributed by atoms with Gasteiger partial charge in [-0.2, -0.15) is 0 Å². The lowest BCUT2D eigenvalue weighted by atomic mass is 9.98. The Morgan fingerprint density at radius 3 is 2.33 bits per heavy atom. The SMILES string of the molecule is C1=Cc2c(n3c4ccccc4c4c5c(cc2c43)c2ccc3ccccc3c2n5-c2nc(-c3ccccc3)c3oc4ccccc4c3n2)CC1. The van der Waals surface area contributed by atoms with E-state index in [9.17, 15) is 0 Å². The van der Waals surface area contributed by atoms with Crippen LogP contribution in [0.15, 0.2) is 132 Å². The van der Waals surface area contributed by atoms with E-state index in [0.29, 0.717) is 11.5 Å². The molecule has 5 aromatic heterocycles. The number of rotatable bonds is 2. The molecule has 0 aliphatic heterocycles. The molecule has 0 spiro atoms. The number of allylic oxidation sites excluding steroid dienone is 1. The van der Waals surface area contributed by atoms with Crippen LogP contribution in [0.4, 0.5) is 0 Å². The predicted molar refractivity (Wildman–Crippen MR) is 201 cm³/mol. The summed E-state index contributed by atoms with van der Waals surface area (Å²) in [6.45, 7) is 0. The van der Waals surface area contributed by atoms with Gasteiger partial charge in [0.15, 0.2) is 5.58 Å². The second kappa shape index (κ2) is 9.12. The molecule has 0 radical (unpaired) electrons. The van der Waals surface area contributed by atoms with E-state index in [-0.39, 0.29) is 0 Å². The Kier molecular flexibility index (Phi) is 4.76. The third-order valence-electron chi connectivity index (χ3n) is 10.7. The third kappa shape index (κ3) is 3.20. The molecular weight excluding hydrogens is 601 g/mol. The second-order valence-corrected chi connectivity index (χ2v) is 13.2. The maximum Gasteiger partial charge on any atom is 0.236 e. The van der Waals surface area contributed by atoms with Crippen molar-refractivity contribution >= 4 is 87.9 Å². The lowest BCUT2D eigenvalue weighted by Gasteiger charge is -2.11. The Morgan fingerprint density at radius 1 is 0.612 bits per heavy atom. The number of hydrogen-bond acceptors (Lipinski definition) is 3. The molecule has 0 atom stereocenters. The van der Waals surface area contributed by atoms with Crippen LogP contribution < -0.4 is 0 Å². The van der Waals surface area contributed by atoms with Gasteiger partial charge in [-0.15, -0.1) is 0 Å². The first-order valence-corrected chi connectivity index (χ1v) is 16.9. The quantitative estimate of drug-likeness (QED) is 0.192. The predicted octanol–water partition coefficient (Wildman–Crippen LogP) is 11.2. The molecule has 49 heavy (non-hydrogen) atoms. The zero-order valence-corrected chi connectivity index (χ0v) is 26.3. The van der Waals surface area contributed by atoms with Gasteiger partial charge in [0, 0.05) is 54.5 Å². The molecular formula is C44H26N4O. The van der Waals surface area contributed by atoms with Gasteiger partial charge in [-0.3, -0.25) is 4.57 Å². The van der Waals surface area contributed by atoms with E-state index in [2.05, 4.69) is 118 Å². The average molecular weight is 627 g/mol. The summed E-state index contributed by atoms with van der Waals surface area (Å²) in [4.78, 5) is 10.9. The summed E-state index contributed by atoms with van der Waals surface area (Å²) >= 11 is 0. The van der Waals surface area contributed by atoms with Crippen LogP contribution in [0.1, 0.15) is 17.7 Å². The topological polar surface area (TPSA) is 48.3 Å². The van der Waals surface area contributed by atoms with E-state index in [1.807, 2.05) is 24.3 Å². The number of nitrogens with zero attached hydrogens (tertiary/aromatic N) is 4. The van der Waals surface area contributed by atoms with Crippen LogP contribution in [0.5, 0.6) is 0 Å². The number of benzene rings is 6. The molecule has 0 fully saturated rings. The van der Waals surface area contributed by atoms with Crippen molar-refractivity contribution in [2.45, 2.75) is 12.8 Å². The first-order chi connectivity index (χ1) is 24.3. The average Bonchev–Trinajstić information content (AvgIpc) is 3.90. The van der Waals surface area contributed by atoms with Crippen LogP contribution in [0.2, 0.25) is 0 Å². The molecule has 0 amide bonds. The van der Waals surface area contributed by atoms with Gasteiger partial charge < -0.3 is 8.82 Å². The van der Waals surface area contributed by atoms with Crippen molar-refractivity contribution in [1.82, 2.24) is 18.9 Å². The minimum Gasteiger partial charge on any atom is -0.452 e. The van der Waals surface area contributed by atoms with Crippen molar-refractivity contribution < 1.29 is 4.42 Å². The van der Waals surface area contributed by atoms with E-state index in [1.165, 1.54) is 60.0 Å². The van der Waals surface area contributed by atoms with Crippen molar-refractivity contribution in [2.75, 3.05) is 0 Å². The summed E-state index contributed by atoms with van der Waals surface area (Å²) in [6.07, 6.45) is 6.74. The number of hydrogen-bond donors (Lipinski definition) is 0. The summed E-state index contributed by atoms with van der Waals surface area (Å²) in [7, 11) is 0. The maximum absolute atomic E-state index is 6.52. The highest BCUT2D eigenvalue weighted by Crippen LogP contribution is 2.48. The van der Waals surface area contributed by atoms with Crippen LogP contribution >= 0.6 is 0 Å². The second-order valence-electron chi connectivity index (χ2n) is 13.2. The Balaban J connectivity index is 1.36. The minimum absolute atomic E-state index is 0.636. The van der Waals surface area contributed by atoms with Gasteiger partial charge in [0.2, 0.25) is 5.95 Å². The zero-order valence-electron chi connectivity index (χ0n) is 26.3. The summed E-state index contributed by atoms with van der Waals surface area (Å²) < 4.78 is 11.4. The first kappa shape index (κ1) is 25.6. The number of fused-ring (bicyclic) bond motifs is 15. The standard InChI is InChI=1S/C44H26N4O/c1-2-13-26(14-3-1)38-43-39(31-18-8-11-21-36(31)49-43)46-44(45-38)48-40-27-15-5-4-12-25(27)22-23-29(40)33-24-32-28-16-6-9-19-34(28)47-35-20-10-7-17-30(35)37(41(32)47)42(33)48/h1-8,10-18,20-24H,9,19H2. The maximum atomic E-state index is 6.52. The van der Waals surface area contributed by atoms with Crippen LogP contribution in [0, 0.1) is 0 Å². The number of aromatic nitrogens is 4. The highest BCUT2D eigenvalue weighted by Gasteiger charge is 2.28. The van der Waals surface area contributed by atoms with Crippen molar-refractivity contribution in [3.05, 3.63) is 139 Å². The normalized spacial score (nSPS) is 13.5. The fourth-order valence-electron chi connectivity index (χ4n) is 8.70. The Morgan fingerprint density at radius 2 is 1.41 bits per heavy atom. The monoisotopic (exact) mass is 626 g/mol. The van der Waals surface area contributed by atoms with Crippen molar-refractivity contribution in [2.24, 2.45) is 0 Å². The lowest BCUT2D eigenvalue weighted by molar-refractivity contribution is 0.666. The van der Waals surface area contributed by atoms with Gasteiger partial charge in [-0.05, 0) is 42.5 Å². The smallest absolute Gasteiger partial charge is 0.236 e. The van der Waals surface area contributed by atoms with E-state index in [4.69, 9.17) is 14.4 Å². The number of para-hydroxylation sites is 2. The van der Waals surface area contributed by atoms with Gasteiger partial charge in [-0.1, -0.05) is 109 Å². The van der Waals surface area contributed by atoms with Gasteiger partial charge >= 0.3 is 0 Å². The molecule has 0 saturated heterocycles. The molecule has 5 heterocycles. The third-order valence-corrected chi connectivity index (χ3v) is 10.7. The van der Waals surface area contributed by atoms with Crippen LogP contribution in [0.25, 0.3) is 105 Å². The fraction of sp³-hybridized carbons (Fsp3) is 0.0455. The largest absolute Gasteiger partial charge is 0.452 e. The summed E-state index contributed by atoms with van der Waals surface area (Å²) in [5.74, 6) is 0.636. The van der Waals surface area contributed by atoms with Crippen LogP contribution in [-0.4, -0.2) is 18.9 Å². The Bertz CT molecular complexity index is 3210. The van der Waals surface area contributed by atoms with Gasteiger partial charge in [0.05, 0.1) is 22.1 Å². The molecule has 6 aromatic carbocycles. The molecule has 228 valence electrons. The summed E-state index contributed by atoms with van der Waals surface area (Å²) in [5.41, 5.74) is 11.6. The highest BCUT2D eigenvalue weighted by atomic mass is 16.3. The van der Waals surface area contributed by atoms with E-state index in [1.54, 1.807) is 0 Å². The van der Waals surface area contributed by atoms with E-state index in [0.717, 1.165) is 51.6 Å².